The van der Waals surface area contributed by atoms with E-state index in [1.807, 2.05) is 26.8 Å². The lowest BCUT2D eigenvalue weighted by Crippen LogP contribution is -2.20. The molecule has 0 saturated heterocycles. The molecule has 0 aliphatic rings. The number of nitrogens with zero attached hydrogens (tertiary/aromatic N) is 2. The lowest BCUT2D eigenvalue weighted by atomic mass is 10.2. The molecule has 0 saturated carbocycles. The van der Waals surface area contributed by atoms with Crippen LogP contribution in [0.15, 0.2) is 28.9 Å². The summed E-state index contributed by atoms with van der Waals surface area (Å²) >= 11 is 6.10. The first-order chi connectivity index (χ1) is 11.5. The summed E-state index contributed by atoms with van der Waals surface area (Å²) in [4.78, 5) is 20.2. The van der Waals surface area contributed by atoms with Crippen molar-refractivity contribution in [2.45, 2.75) is 20.8 Å². The number of aromatic nitrogens is 2. The number of amides is 1. The molecule has 0 aliphatic heterocycles. The van der Waals surface area contributed by atoms with Crippen LogP contribution < -0.4 is 10.1 Å². The van der Waals surface area contributed by atoms with Crippen molar-refractivity contribution in [3.63, 3.8) is 0 Å². The summed E-state index contributed by atoms with van der Waals surface area (Å²) < 4.78 is 11.1. The third-order valence-corrected chi connectivity index (χ3v) is 3.98. The fourth-order valence-corrected chi connectivity index (χ4v) is 2.58. The van der Waals surface area contributed by atoms with Gasteiger partial charge in [0.2, 0.25) is 11.6 Å². The van der Waals surface area contributed by atoms with Gasteiger partial charge in [0.25, 0.3) is 5.91 Å². The number of carbonyl (C=O) groups is 1. The van der Waals surface area contributed by atoms with Gasteiger partial charge in [-0.2, -0.15) is 0 Å². The van der Waals surface area contributed by atoms with Crippen LogP contribution in [0, 0.1) is 20.8 Å². The highest BCUT2D eigenvalue weighted by Crippen LogP contribution is 2.29. The summed E-state index contributed by atoms with van der Waals surface area (Å²) in [5, 5.41) is 3.87. The molecule has 0 spiro atoms. The molecule has 3 rings (SSSR count). The number of benzene rings is 1. The molecule has 124 valence electrons. The maximum atomic E-state index is 12.1. The van der Waals surface area contributed by atoms with Gasteiger partial charge in [-0.1, -0.05) is 17.7 Å². The second kappa shape index (κ2) is 6.49. The van der Waals surface area contributed by atoms with Crippen molar-refractivity contribution in [1.82, 2.24) is 9.97 Å². The summed E-state index contributed by atoms with van der Waals surface area (Å²) in [6.07, 6.45) is 1.34. The Morgan fingerprint density at radius 3 is 2.83 bits per heavy atom. The van der Waals surface area contributed by atoms with E-state index in [4.69, 9.17) is 20.8 Å². The molecular weight excluding hydrogens is 330 g/mol. The second-order valence-electron chi connectivity index (χ2n) is 5.46. The monoisotopic (exact) mass is 345 g/mol. The summed E-state index contributed by atoms with van der Waals surface area (Å²) in [7, 11) is 0. The minimum Gasteiger partial charge on any atom is -0.467 e. The Morgan fingerprint density at radius 2 is 2.08 bits per heavy atom. The average molecular weight is 346 g/mol. The zero-order valence-electron chi connectivity index (χ0n) is 13.5. The van der Waals surface area contributed by atoms with Gasteiger partial charge in [-0.25, -0.2) is 9.97 Å². The van der Waals surface area contributed by atoms with Crippen LogP contribution in [0.1, 0.15) is 16.9 Å². The molecule has 6 nitrogen and oxygen atoms in total. The molecule has 7 heteroatoms. The molecule has 0 bridgehead atoms. The van der Waals surface area contributed by atoms with Crippen LogP contribution in [0.5, 0.6) is 5.88 Å². The van der Waals surface area contributed by atoms with Crippen molar-refractivity contribution in [2.24, 2.45) is 0 Å². The first-order valence-corrected chi connectivity index (χ1v) is 7.73. The van der Waals surface area contributed by atoms with Gasteiger partial charge in [0.05, 0.1) is 10.7 Å². The third-order valence-electron chi connectivity index (χ3n) is 3.67. The molecule has 0 fully saturated rings. The molecule has 1 amide bonds. The first-order valence-electron chi connectivity index (χ1n) is 7.35. The second-order valence-corrected chi connectivity index (χ2v) is 5.87. The molecule has 0 aliphatic carbocycles. The van der Waals surface area contributed by atoms with E-state index in [1.54, 1.807) is 12.1 Å². The Labute approximate surface area is 143 Å². The number of furan rings is 1. The van der Waals surface area contributed by atoms with E-state index in [1.165, 1.54) is 6.33 Å². The molecule has 1 aromatic carbocycles. The molecular formula is C17H16ClN3O3. The predicted molar refractivity (Wildman–Crippen MR) is 91.6 cm³/mol. The summed E-state index contributed by atoms with van der Waals surface area (Å²) in [6.45, 7) is 5.46. The number of rotatable bonds is 4. The van der Waals surface area contributed by atoms with Gasteiger partial charge in [0.1, 0.15) is 17.5 Å². The van der Waals surface area contributed by atoms with Gasteiger partial charge in [-0.05, 0) is 38.5 Å². The minimum absolute atomic E-state index is 0.194. The van der Waals surface area contributed by atoms with Gasteiger partial charge in [0.15, 0.2) is 6.61 Å². The van der Waals surface area contributed by atoms with Gasteiger partial charge in [-0.3, -0.25) is 4.79 Å². The Hall–Kier alpha value is -2.60. The Balaban J connectivity index is 1.73. The van der Waals surface area contributed by atoms with Crippen LogP contribution in [0.3, 0.4) is 0 Å². The van der Waals surface area contributed by atoms with Gasteiger partial charge >= 0.3 is 0 Å². The Bertz CT molecular complexity index is 921. The van der Waals surface area contributed by atoms with Crippen LogP contribution in [0.25, 0.3) is 11.1 Å². The number of nitrogens with one attached hydrogen (secondary N) is 1. The topological polar surface area (TPSA) is 77.2 Å². The van der Waals surface area contributed by atoms with Crippen LogP contribution >= 0.6 is 11.6 Å². The number of aryl methyl sites for hydroxylation is 3. The fraction of sp³-hybridized carbons (Fsp3) is 0.235. The van der Waals surface area contributed by atoms with Crippen LogP contribution in [0.2, 0.25) is 5.02 Å². The highest BCUT2D eigenvalue weighted by atomic mass is 35.5. The van der Waals surface area contributed by atoms with Crippen molar-refractivity contribution in [1.29, 1.82) is 0 Å². The highest BCUT2D eigenvalue weighted by Gasteiger charge is 2.16. The van der Waals surface area contributed by atoms with Gasteiger partial charge < -0.3 is 14.5 Å². The summed E-state index contributed by atoms with van der Waals surface area (Å²) in [5.74, 6) is 0.733. The molecule has 0 unspecified atom stereocenters. The van der Waals surface area contributed by atoms with E-state index in [-0.39, 0.29) is 12.5 Å². The number of hydrogen-bond acceptors (Lipinski definition) is 5. The molecule has 2 heterocycles. The van der Waals surface area contributed by atoms with Crippen LogP contribution in [0.4, 0.5) is 5.69 Å². The Kier molecular flexibility index (Phi) is 4.40. The number of halogens is 1. The van der Waals surface area contributed by atoms with Crippen molar-refractivity contribution in [3.8, 4) is 5.88 Å². The zero-order valence-corrected chi connectivity index (χ0v) is 14.3. The lowest BCUT2D eigenvalue weighted by Gasteiger charge is -2.09. The number of anilines is 1. The number of carbonyl (C=O) groups excluding carboxylic acids is 1. The maximum Gasteiger partial charge on any atom is 0.262 e. The van der Waals surface area contributed by atoms with E-state index in [0.717, 1.165) is 16.9 Å². The largest absolute Gasteiger partial charge is 0.467 e. The van der Waals surface area contributed by atoms with E-state index in [0.29, 0.717) is 27.7 Å². The maximum absolute atomic E-state index is 12.1. The molecule has 2 aromatic heterocycles. The minimum atomic E-state index is -0.328. The van der Waals surface area contributed by atoms with Gasteiger partial charge in [0, 0.05) is 5.56 Å². The van der Waals surface area contributed by atoms with Crippen molar-refractivity contribution >= 4 is 34.3 Å². The van der Waals surface area contributed by atoms with Crippen molar-refractivity contribution in [2.75, 3.05) is 11.9 Å². The SMILES string of the molecule is Cc1ccc(NC(=O)COc2ncnc3oc(C)c(C)c23)c(Cl)c1. The van der Waals surface area contributed by atoms with Crippen LogP contribution in [-0.2, 0) is 4.79 Å². The number of hydrogen-bond donors (Lipinski definition) is 1. The molecule has 3 aromatic rings. The van der Waals surface area contributed by atoms with Crippen molar-refractivity contribution < 1.29 is 13.9 Å². The molecule has 24 heavy (non-hydrogen) atoms. The number of fused-ring (bicyclic) bond motifs is 1. The smallest absolute Gasteiger partial charge is 0.262 e. The predicted octanol–water partition coefficient (Wildman–Crippen LogP) is 3.82. The normalized spacial score (nSPS) is 10.8. The quantitative estimate of drug-likeness (QED) is 0.777. The molecule has 0 radical (unpaired) electrons. The van der Waals surface area contributed by atoms with Gasteiger partial charge in [-0.15, -0.1) is 0 Å². The number of ether oxygens (including phenoxy) is 1. The molecule has 0 atom stereocenters. The fourth-order valence-electron chi connectivity index (χ4n) is 2.30. The third kappa shape index (κ3) is 3.19. The van der Waals surface area contributed by atoms with E-state index in [9.17, 15) is 4.79 Å². The zero-order chi connectivity index (χ0) is 17.3. The van der Waals surface area contributed by atoms with E-state index >= 15 is 0 Å². The standard InChI is InChI=1S/C17H16ClN3O3/c1-9-4-5-13(12(18)6-9)21-14(22)7-23-16-15-10(2)11(3)24-17(15)20-8-19-16/h4-6,8H,7H2,1-3H3,(H,21,22). The van der Waals surface area contributed by atoms with E-state index < -0.39 is 0 Å². The van der Waals surface area contributed by atoms with Crippen LogP contribution in [-0.4, -0.2) is 22.5 Å². The van der Waals surface area contributed by atoms with Crippen molar-refractivity contribution in [3.05, 3.63) is 46.4 Å². The first kappa shape index (κ1) is 16.3. The lowest BCUT2D eigenvalue weighted by molar-refractivity contribution is -0.118. The van der Waals surface area contributed by atoms with E-state index in [2.05, 4.69) is 15.3 Å². The summed E-state index contributed by atoms with van der Waals surface area (Å²) in [5.41, 5.74) is 2.89. The highest BCUT2D eigenvalue weighted by molar-refractivity contribution is 6.33. The summed E-state index contributed by atoms with van der Waals surface area (Å²) in [6, 6.07) is 5.40. The Morgan fingerprint density at radius 1 is 1.29 bits per heavy atom. The average Bonchev–Trinajstić information content (AvgIpc) is 2.83. The molecule has 1 N–H and O–H groups in total.